The molecule has 0 atom stereocenters. The van der Waals surface area contributed by atoms with Crippen molar-refractivity contribution < 1.29 is 4.79 Å². The van der Waals surface area contributed by atoms with Crippen molar-refractivity contribution in [3.63, 3.8) is 0 Å². The summed E-state index contributed by atoms with van der Waals surface area (Å²) in [4.78, 5) is 15.9. The minimum atomic E-state index is 0.105. The van der Waals surface area contributed by atoms with E-state index in [0.717, 1.165) is 38.3 Å². The molecule has 0 amide bonds. The van der Waals surface area contributed by atoms with E-state index in [-0.39, 0.29) is 5.78 Å². The number of ketones is 1. The minimum Gasteiger partial charge on any atom is -0.369 e. The average molecular weight is 257 g/mol. The van der Waals surface area contributed by atoms with Crippen LogP contribution in [0.15, 0.2) is 24.3 Å². The van der Waals surface area contributed by atoms with Crippen molar-refractivity contribution >= 4 is 11.5 Å². The molecule has 100 valence electrons. The first-order valence-electron chi connectivity index (χ1n) is 6.66. The van der Waals surface area contributed by atoms with Crippen molar-refractivity contribution in [3.05, 3.63) is 29.8 Å². The van der Waals surface area contributed by atoms with E-state index in [9.17, 15) is 4.79 Å². The maximum Gasteiger partial charge on any atom is 0.159 e. The number of nitrogens with zero attached hydrogens (tertiary/aromatic N) is 3. The number of benzene rings is 1. The van der Waals surface area contributed by atoms with Crippen LogP contribution in [0.4, 0.5) is 5.69 Å². The highest BCUT2D eigenvalue weighted by Crippen LogP contribution is 2.17. The Balaban J connectivity index is 1.90. The Labute approximate surface area is 114 Å². The third-order valence-electron chi connectivity index (χ3n) is 3.55. The first-order valence-corrected chi connectivity index (χ1v) is 6.66. The van der Waals surface area contributed by atoms with Crippen LogP contribution in [0.1, 0.15) is 23.7 Å². The third kappa shape index (κ3) is 3.55. The predicted octanol–water partition coefficient (Wildman–Crippen LogP) is 1.92. The van der Waals surface area contributed by atoms with E-state index in [1.165, 1.54) is 5.69 Å². The molecule has 0 unspecified atom stereocenters. The van der Waals surface area contributed by atoms with Crippen molar-refractivity contribution in [2.24, 2.45) is 0 Å². The van der Waals surface area contributed by atoms with Gasteiger partial charge in [0, 0.05) is 50.4 Å². The molecule has 2 rings (SSSR count). The summed E-state index contributed by atoms with van der Waals surface area (Å²) in [6, 6.07) is 10.00. The zero-order valence-corrected chi connectivity index (χ0v) is 11.3. The van der Waals surface area contributed by atoms with Crippen LogP contribution in [0.2, 0.25) is 0 Å². The smallest absolute Gasteiger partial charge is 0.159 e. The number of hydrogen-bond donors (Lipinski definition) is 0. The lowest BCUT2D eigenvalue weighted by Gasteiger charge is -2.35. The number of hydrogen-bond acceptors (Lipinski definition) is 4. The number of anilines is 1. The molecule has 0 radical (unpaired) electrons. The molecule has 0 spiro atoms. The highest BCUT2D eigenvalue weighted by atomic mass is 16.1. The fourth-order valence-corrected chi connectivity index (χ4v) is 2.34. The summed E-state index contributed by atoms with van der Waals surface area (Å²) in [6.07, 6.45) is 0.604. The van der Waals surface area contributed by atoms with Crippen LogP contribution in [0.5, 0.6) is 0 Å². The summed E-state index contributed by atoms with van der Waals surface area (Å²) < 4.78 is 0. The van der Waals surface area contributed by atoms with Gasteiger partial charge in [-0.1, -0.05) is 0 Å². The van der Waals surface area contributed by atoms with E-state index in [4.69, 9.17) is 5.26 Å². The molecule has 1 saturated heterocycles. The predicted molar refractivity (Wildman–Crippen MR) is 75.3 cm³/mol. The van der Waals surface area contributed by atoms with E-state index in [1.807, 2.05) is 24.3 Å². The van der Waals surface area contributed by atoms with Crippen molar-refractivity contribution in [1.82, 2.24) is 4.90 Å². The fourth-order valence-electron chi connectivity index (χ4n) is 2.34. The first kappa shape index (κ1) is 13.6. The quantitative estimate of drug-likeness (QED) is 0.773. The fraction of sp³-hybridized carbons (Fsp3) is 0.467. The van der Waals surface area contributed by atoms with Crippen molar-refractivity contribution in [2.75, 3.05) is 37.6 Å². The zero-order chi connectivity index (χ0) is 13.7. The molecule has 1 aliphatic rings. The Hall–Kier alpha value is -1.86. The van der Waals surface area contributed by atoms with Gasteiger partial charge in [0.05, 0.1) is 6.07 Å². The Bertz CT molecular complexity index is 467. The van der Waals surface area contributed by atoms with E-state index in [1.54, 1.807) is 6.92 Å². The summed E-state index contributed by atoms with van der Waals surface area (Å²) in [5.74, 6) is 0.105. The number of rotatable bonds is 4. The normalized spacial score (nSPS) is 16.1. The van der Waals surface area contributed by atoms with Gasteiger partial charge in [-0.25, -0.2) is 0 Å². The lowest BCUT2D eigenvalue weighted by Crippen LogP contribution is -2.46. The molecule has 4 nitrogen and oxygen atoms in total. The molecule has 0 bridgehead atoms. The first-order chi connectivity index (χ1) is 9.20. The summed E-state index contributed by atoms with van der Waals surface area (Å²) in [5.41, 5.74) is 1.93. The van der Waals surface area contributed by atoms with Gasteiger partial charge in [0.15, 0.2) is 5.78 Å². The van der Waals surface area contributed by atoms with Crippen LogP contribution in [-0.2, 0) is 0 Å². The van der Waals surface area contributed by atoms with Gasteiger partial charge in [-0.05, 0) is 31.2 Å². The van der Waals surface area contributed by atoms with Gasteiger partial charge in [0.2, 0.25) is 0 Å². The topological polar surface area (TPSA) is 47.3 Å². The molecule has 1 aliphatic heterocycles. The summed E-state index contributed by atoms with van der Waals surface area (Å²) in [5, 5.41) is 8.58. The number of piperazine rings is 1. The summed E-state index contributed by atoms with van der Waals surface area (Å²) in [6.45, 7) is 6.40. The van der Waals surface area contributed by atoms with Gasteiger partial charge in [0.1, 0.15) is 0 Å². The Morgan fingerprint density at radius 3 is 2.37 bits per heavy atom. The lowest BCUT2D eigenvalue weighted by atomic mass is 10.1. The number of carbonyl (C=O) groups excluding carboxylic acids is 1. The zero-order valence-electron chi connectivity index (χ0n) is 11.3. The minimum absolute atomic E-state index is 0.105. The number of Topliss-reactive ketones (excluding diaryl/α,β-unsaturated/α-hetero) is 1. The summed E-state index contributed by atoms with van der Waals surface area (Å²) >= 11 is 0. The maximum absolute atomic E-state index is 11.2. The second kappa shape index (κ2) is 6.35. The molecule has 0 aliphatic carbocycles. The maximum atomic E-state index is 11.2. The molecule has 1 heterocycles. The second-order valence-corrected chi connectivity index (χ2v) is 4.84. The monoisotopic (exact) mass is 257 g/mol. The second-order valence-electron chi connectivity index (χ2n) is 4.84. The Morgan fingerprint density at radius 2 is 1.84 bits per heavy atom. The molecule has 4 heteroatoms. The number of nitriles is 1. The van der Waals surface area contributed by atoms with Crippen LogP contribution in [0.25, 0.3) is 0 Å². The van der Waals surface area contributed by atoms with Gasteiger partial charge in [0.25, 0.3) is 0 Å². The summed E-state index contributed by atoms with van der Waals surface area (Å²) in [7, 11) is 0. The van der Waals surface area contributed by atoms with Crippen molar-refractivity contribution in [2.45, 2.75) is 13.3 Å². The lowest BCUT2D eigenvalue weighted by molar-refractivity contribution is 0.101. The molecule has 1 aromatic rings. The Morgan fingerprint density at radius 1 is 1.21 bits per heavy atom. The molecular formula is C15H19N3O. The van der Waals surface area contributed by atoms with Crippen LogP contribution in [-0.4, -0.2) is 43.4 Å². The van der Waals surface area contributed by atoms with E-state index in [2.05, 4.69) is 15.9 Å². The molecule has 0 aromatic heterocycles. The van der Waals surface area contributed by atoms with E-state index in [0.29, 0.717) is 6.42 Å². The van der Waals surface area contributed by atoms with Crippen LogP contribution in [0, 0.1) is 11.3 Å². The third-order valence-corrected chi connectivity index (χ3v) is 3.55. The molecule has 19 heavy (non-hydrogen) atoms. The Kier molecular flexibility index (Phi) is 4.53. The molecule has 0 saturated carbocycles. The van der Waals surface area contributed by atoms with E-state index < -0.39 is 0 Å². The van der Waals surface area contributed by atoms with Gasteiger partial charge < -0.3 is 4.90 Å². The van der Waals surface area contributed by atoms with Crippen LogP contribution < -0.4 is 4.90 Å². The molecular weight excluding hydrogens is 238 g/mol. The van der Waals surface area contributed by atoms with Crippen molar-refractivity contribution in [3.8, 4) is 6.07 Å². The van der Waals surface area contributed by atoms with E-state index >= 15 is 0 Å². The highest BCUT2D eigenvalue weighted by molar-refractivity contribution is 5.94. The molecule has 1 fully saturated rings. The highest BCUT2D eigenvalue weighted by Gasteiger charge is 2.16. The van der Waals surface area contributed by atoms with Crippen LogP contribution in [0.3, 0.4) is 0 Å². The molecule has 1 aromatic carbocycles. The number of carbonyl (C=O) groups is 1. The average Bonchev–Trinajstić information content (AvgIpc) is 2.46. The van der Waals surface area contributed by atoms with Crippen LogP contribution >= 0.6 is 0 Å². The van der Waals surface area contributed by atoms with Crippen molar-refractivity contribution in [1.29, 1.82) is 5.26 Å². The SMILES string of the molecule is CC(=O)c1ccc(N2CCN(CCC#N)CC2)cc1. The van der Waals surface area contributed by atoms with Gasteiger partial charge in [-0.15, -0.1) is 0 Å². The standard InChI is InChI=1S/C15H19N3O/c1-13(19)14-3-5-15(6-4-14)18-11-9-17(10-12-18)8-2-7-16/h3-6H,2,8-12H2,1H3. The van der Waals surface area contributed by atoms with Gasteiger partial charge in [-0.2, -0.15) is 5.26 Å². The van der Waals surface area contributed by atoms with Gasteiger partial charge in [-0.3, -0.25) is 9.69 Å². The van der Waals surface area contributed by atoms with Gasteiger partial charge >= 0.3 is 0 Å². The largest absolute Gasteiger partial charge is 0.369 e. The molecule has 0 N–H and O–H groups in total.